The summed E-state index contributed by atoms with van der Waals surface area (Å²) in [7, 11) is 3.97. The quantitative estimate of drug-likeness (QED) is 0.789. The minimum Gasteiger partial charge on any atom is -0.378 e. The lowest BCUT2D eigenvalue weighted by Gasteiger charge is -2.31. The Kier molecular flexibility index (Phi) is 6.70. The number of carbonyl (C=O) groups excluding carboxylic acids is 2. The number of hydrogen-bond donors (Lipinski definition) is 1. The van der Waals surface area contributed by atoms with Gasteiger partial charge in [0, 0.05) is 38.4 Å². The van der Waals surface area contributed by atoms with Crippen LogP contribution in [0.15, 0.2) is 60.3 Å². The Morgan fingerprint density at radius 3 is 2.21 bits per heavy atom. The van der Waals surface area contributed by atoms with Crippen molar-refractivity contribution >= 4 is 23.6 Å². The van der Waals surface area contributed by atoms with Gasteiger partial charge in [-0.05, 0) is 54.7 Å². The number of anilines is 1. The van der Waals surface area contributed by atoms with E-state index in [0.29, 0.717) is 17.2 Å². The summed E-state index contributed by atoms with van der Waals surface area (Å²) in [6.45, 7) is 3.65. The van der Waals surface area contributed by atoms with Gasteiger partial charge in [-0.1, -0.05) is 37.3 Å². The molecule has 0 radical (unpaired) electrons. The van der Waals surface area contributed by atoms with E-state index >= 15 is 0 Å². The summed E-state index contributed by atoms with van der Waals surface area (Å²) in [5.74, 6) is 0.224. The van der Waals surface area contributed by atoms with Crippen molar-refractivity contribution in [1.82, 2.24) is 10.2 Å². The highest BCUT2D eigenvalue weighted by atomic mass is 16.2. The van der Waals surface area contributed by atoms with Crippen molar-refractivity contribution in [2.45, 2.75) is 19.8 Å². The molecule has 1 aliphatic rings. The second-order valence-electron chi connectivity index (χ2n) is 7.84. The Morgan fingerprint density at radius 1 is 1.00 bits per heavy atom. The Labute approximate surface area is 173 Å². The fourth-order valence-electron chi connectivity index (χ4n) is 3.35. The third-order valence-corrected chi connectivity index (χ3v) is 5.31. The first-order chi connectivity index (χ1) is 13.9. The van der Waals surface area contributed by atoms with Crippen LogP contribution < -0.4 is 10.2 Å². The first kappa shape index (κ1) is 20.6. The molecule has 0 bridgehead atoms. The van der Waals surface area contributed by atoms with E-state index in [-0.39, 0.29) is 11.8 Å². The zero-order chi connectivity index (χ0) is 20.8. The normalized spacial score (nSPS) is 15.1. The number of benzene rings is 2. The standard InChI is InChI=1S/C24H29N3O2/c1-18-13-15-27(16-14-18)24(29)22(25-23(28)20-7-5-4-6-8-20)17-19-9-11-21(12-10-19)26(2)3/h4-12,17-18H,13-16H2,1-3H3,(H,25,28)/b22-17-. The molecule has 1 heterocycles. The van der Waals surface area contributed by atoms with Crippen LogP contribution in [0.2, 0.25) is 0 Å². The largest absolute Gasteiger partial charge is 0.378 e. The summed E-state index contributed by atoms with van der Waals surface area (Å²) in [4.78, 5) is 29.7. The molecule has 2 amide bonds. The van der Waals surface area contributed by atoms with E-state index in [1.165, 1.54) is 0 Å². The average molecular weight is 392 g/mol. The number of nitrogens with one attached hydrogen (secondary N) is 1. The van der Waals surface area contributed by atoms with E-state index in [4.69, 9.17) is 0 Å². The van der Waals surface area contributed by atoms with Gasteiger partial charge in [0.05, 0.1) is 0 Å². The molecular formula is C24H29N3O2. The molecule has 1 saturated heterocycles. The van der Waals surface area contributed by atoms with Gasteiger partial charge in [-0.15, -0.1) is 0 Å². The Balaban J connectivity index is 1.86. The van der Waals surface area contributed by atoms with Crippen molar-refractivity contribution in [2.75, 3.05) is 32.1 Å². The first-order valence-corrected chi connectivity index (χ1v) is 10.1. The van der Waals surface area contributed by atoms with Gasteiger partial charge < -0.3 is 15.1 Å². The van der Waals surface area contributed by atoms with Crippen LogP contribution >= 0.6 is 0 Å². The highest BCUT2D eigenvalue weighted by molar-refractivity contribution is 6.05. The molecule has 0 unspecified atom stereocenters. The summed E-state index contributed by atoms with van der Waals surface area (Å²) in [5, 5.41) is 2.85. The Morgan fingerprint density at radius 2 is 1.62 bits per heavy atom. The van der Waals surface area contributed by atoms with Crippen LogP contribution in [-0.2, 0) is 4.79 Å². The predicted molar refractivity (Wildman–Crippen MR) is 118 cm³/mol. The van der Waals surface area contributed by atoms with E-state index in [1.807, 2.05) is 66.4 Å². The fraction of sp³-hybridized carbons (Fsp3) is 0.333. The summed E-state index contributed by atoms with van der Waals surface area (Å²) >= 11 is 0. The van der Waals surface area contributed by atoms with Crippen LogP contribution in [0.5, 0.6) is 0 Å². The van der Waals surface area contributed by atoms with Gasteiger partial charge in [-0.25, -0.2) is 0 Å². The number of hydrogen-bond acceptors (Lipinski definition) is 3. The fourth-order valence-corrected chi connectivity index (χ4v) is 3.35. The summed E-state index contributed by atoms with van der Waals surface area (Å²) in [5.41, 5.74) is 2.79. The van der Waals surface area contributed by atoms with Gasteiger partial charge in [0.1, 0.15) is 5.70 Å². The molecule has 0 atom stereocenters. The topological polar surface area (TPSA) is 52.7 Å². The molecule has 5 heteroatoms. The van der Waals surface area contributed by atoms with Gasteiger partial charge in [0.15, 0.2) is 0 Å². The van der Waals surface area contributed by atoms with E-state index < -0.39 is 0 Å². The van der Waals surface area contributed by atoms with Gasteiger partial charge in [0.2, 0.25) is 0 Å². The van der Waals surface area contributed by atoms with Gasteiger partial charge in [0.25, 0.3) is 11.8 Å². The molecule has 5 nitrogen and oxygen atoms in total. The van der Waals surface area contributed by atoms with Crippen molar-refractivity contribution in [3.8, 4) is 0 Å². The van der Waals surface area contributed by atoms with Crippen molar-refractivity contribution in [3.05, 3.63) is 71.4 Å². The van der Waals surface area contributed by atoms with Crippen LogP contribution in [0, 0.1) is 5.92 Å². The van der Waals surface area contributed by atoms with Crippen LogP contribution in [-0.4, -0.2) is 43.9 Å². The Bertz CT molecular complexity index is 865. The van der Waals surface area contributed by atoms with Crippen molar-refractivity contribution in [3.63, 3.8) is 0 Å². The molecule has 152 valence electrons. The monoisotopic (exact) mass is 391 g/mol. The number of piperidine rings is 1. The van der Waals surface area contributed by atoms with E-state index in [2.05, 4.69) is 12.2 Å². The molecule has 1 aliphatic heterocycles. The summed E-state index contributed by atoms with van der Waals surface area (Å²) in [6, 6.07) is 16.9. The molecule has 3 rings (SSSR count). The summed E-state index contributed by atoms with van der Waals surface area (Å²) < 4.78 is 0. The molecule has 0 saturated carbocycles. The lowest BCUT2D eigenvalue weighted by molar-refractivity contribution is -0.128. The van der Waals surface area contributed by atoms with Crippen molar-refractivity contribution in [1.29, 1.82) is 0 Å². The zero-order valence-corrected chi connectivity index (χ0v) is 17.4. The Hall–Kier alpha value is -3.08. The van der Waals surface area contributed by atoms with Crippen LogP contribution in [0.25, 0.3) is 6.08 Å². The maximum Gasteiger partial charge on any atom is 0.270 e. The molecular weight excluding hydrogens is 362 g/mol. The SMILES string of the molecule is CC1CCN(C(=O)/C(=C/c2ccc(N(C)C)cc2)NC(=O)c2ccccc2)CC1. The third-order valence-electron chi connectivity index (χ3n) is 5.31. The second kappa shape index (κ2) is 9.41. The van der Waals surface area contributed by atoms with E-state index in [9.17, 15) is 9.59 Å². The minimum absolute atomic E-state index is 0.127. The predicted octanol–water partition coefficient (Wildman–Crippen LogP) is 3.78. The highest BCUT2D eigenvalue weighted by Gasteiger charge is 2.24. The van der Waals surface area contributed by atoms with Crippen LogP contribution in [0.3, 0.4) is 0 Å². The molecule has 2 aromatic rings. The lowest BCUT2D eigenvalue weighted by atomic mass is 9.99. The van der Waals surface area contributed by atoms with Gasteiger partial charge >= 0.3 is 0 Å². The van der Waals surface area contributed by atoms with E-state index in [1.54, 1.807) is 18.2 Å². The number of rotatable bonds is 5. The molecule has 2 aromatic carbocycles. The number of likely N-dealkylation sites (tertiary alicyclic amines) is 1. The lowest BCUT2D eigenvalue weighted by Crippen LogP contribution is -2.42. The third kappa shape index (κ3) is 5.47. The maximum atomic E-state index is 13.2. The zero-order valence-electron chi connectivity index (χ0n) is 17.4. The molecule has 1 N–H and O–H groups in total. The molecule has 29 heavy (non-hydrogen) atoms. The molecule has 0 aliphatic carbocycles. The van der Waals surface area contributed by atoms with Crippen molar-refractivity contribution < 1.29 is 9.59 Å². The number of amides is 2. The molecule has 0 aromatic heterocycles. The highest BCUT2D eigenvalue weighted by Crippen LogP contribution is 2.19. The van der Waals surface area contributed by atoms with E-state index in [0.717, 1.165) is 37.2 Å². The second-order valence-corrected chi connectivity index (χ2v) is 7.84. The maximum absolute atomic E-state index is 13.2. The smallest absolute Gasteiger partial charge is 0.270 e. The number of carbonyl (C=O) groups is 2. The molecule has 1 fully saturated rings. The summed E-state index contributed by atoms with van der Waals surface area (Å²) in [6.07, 6.45) is 3.74. The van der Waals surface area contributed by atoms with Crippen molar-refractivity contribution in [2.24, 2.45) is 5.92 Å². The van der Waals surface area contributed by atoms with Crippen LogP contribution in [0.1, 0.15) is 35.7 Å². The van der Waals surface area contributed by atoms with Gasteiger partial charge in [-0.2, -0.15) is 0 Å². The number of nitrogens with zero attached hydrogens (tertiary/aromatic N) is 2. The first-order valence-electron chi connectivity index (χ1n) is 10.1. The average Bonchev–Trinajstić information content (AvgIpc) is 2.74. The van der Waals surface area contributed by atoms with Gasteiger partial charge in [-0.3, -0.25) is 9.59 Å². The molecule has 0 spiro atoms. The minimum atomic E-state index is -0.277. The van der Waals surface area contributed by atoms with Crippen LogP contribution in [0.4, 0.5) is 5.69 Å².